The van der Waals surface area contributed by atoms with Crippen LogP contribution in [0.25, 0.3) is 0 Å². The highest BCUT2D eigenvalue weighted by Crippen LogP contribution is 2.43. The SMILES string of the molecule is C[C@H](NC(=O)[C@H](Cc1ccc(O[Si](C)(C)C(C)(C)C)c(O[Si](C)(C)C(C)(C)C)c1)NC(=O)OC(C)(C)C)C(=O)OCc1ccccc1. The molecule has 2 amide bonds. The van der Waals surface area contributed by atoms with Gasteiger partial charge in [-0.1, -0.05) is 77.9 Å². The number of hydrogen-bond acceptors (Lipinski definition) is 7. The second-order valence-electron chi connectivity index (χ2n) is 16.2. The number of amides is 2. The third-order valence-electron chi connectivity index (χ3n) is 8.73. The first-order valence-electron chi connectivity index (χ1n) is 16.3. The summed E-state index contributed by atoms with van der Waals surface area (Å²) < 4.78 is 24.4. The van der Waals surface area contributed by atoms with E-state index in [2.05, 4.69) is 78.4 Å². The molecule has 47 heavy (non-hydrogen) atoms. The third kappa shape index (κ3) is 12.3. The number of esters is 1. The van der Waals surface area contributed by atoms with Gasteiger partial charge >= 0.3 is 12.1 Å². The second kappa shape index (κ2) is 15.3. The molecule has 2 rings (SSSR count). The molecule has 262 valence electrons. The van der Waals surface area contributed by atoms with Crippen LogP contribution in [0.2, 0.25) is 36.3 Å². The summed E-state index contributed by atoms with van der Waals surface area (Å²) in [6.07, 6.45) is -0.627. The van der Waals surface area contributed by atoms with Crippen molar-refractivity contribution in [2.75, 3.05) is 0 Å². The summed E-state index contributed by atoms with van der Waals surface area (Å²) in [6, 6.07) is 13.0. The van der Waals surface area contributed by atoms with E-state index in [1.807, 2.05) is 48.5 Å². The van der Waals surface area contributed by atoms with E-state index in [0.29, 0.717) is 11.5 Å². The summed E-state index contributed by atoms with van der Waals surface area (Å²) in [5.41, 5.74) is 0.810. The number of benzene rings is 2. The second-order valence-corrected chi connectivity index (χ2v) is 25.7. The summed E-state index contributed by atoms with van der Waals surface area (Å²) in [5, 5.41) is 5.32. The number of hydrogen-bond donors (Lipinski definition) is 2. The molecule has 0 unspecified atom stereocenters. The van der Waals surface area contributed by atoms with Crippen LogP contribution in [-0.2, 0) is 32.1 Å². The third-order valence-corrected chi connectivity index (χ3v) is 17.4. The molecule has 2 aromatic carbocycles. The lowest BCUT2D eigenvalue weighted by molar-refractivity contribution is -0.148. The molecule has 0 fully saturated rings. The minimum absolute atomic E-state index is 0.0284. The van der Waals surface area contributed by atoms with Crippen LogP contribution >= 0.6 is 0 Å². The van der Waals surface area contributed by atoms with E-state index in [1.165, 1.54) is 0 Å². The molecule has 9 nitrogen and oxygen atoms in total. The fourth-order valence-electron chi connectivity index (χ4n) is 3.82. The highest BCUT2D eigenvalue weighted by molar-refractivity contribution is 6.75. The van der Waals surface area contributed by atoms with Crippen molar-refractivity contribution in [2.24, 2.45) is 0 Å². The Morgan fingerprint density at radius 3 is 1.77 bits per heavy atom. The Kier molecular flexibility index (Phi) is 13.0. The molecule has 0 aliphatic rings. The van der Waals surface area contributed by atoms with E-state index in [-0.39, 0.29) is 23.1 Å². The molecule has 0 aliphatic heterocycles. The van der Waals surface area contributed by atoms with E-state index in [9.17, 15) is 14.4 Å². The Labute approximate surface area is 284 Å². The molecule has 11 heteroatoms. The molecule has 2 N–H and O–H groups in total. The van der Waals surface area contributed by atoms with Gasteiger partial charge < -0.3 is 29.0 Å². The Morgan fingerprint density at radius 1 is 0.723 bits per heavy atom. The summed E-state index contributed by atoms with van der Waals surface area (Å²) in [5.74, 6) is 0.151. The maximum atomic E-state index is 13.6. The van der Waals surface area contributed by atoms with Crippen LogP contribution < -0.4 is 19.5 Å². The maximum absolute atomic E-state index is 13.6. The van der Waals surface area contributed by atoms with Gasteiger partial charge in [-0.15, -0.1) is 0 Å². The number of alkyl carbamates (subject to hydrolysis) is 1. The van der Waals surface area contributed by atoms with Gasteiger partial charge in [0.05, 0.1) is 0 Å². The normalized spacial score (nSPS) is 14.0. The van der Waals surface area contributed by atoms with Crippen molar-refractivity contribution in [1.29, 1.82) is 0 Å². The first-order chi connectivity index (χ1) is 21.3. The van der Waals surface area contributed by atoms with Crippen molar-refractivity contribution in [1.82, 2.24) is 10.6 Å². The summed E-state index contributed by atoms with van der Waals surface area (Å²) in [6.45, 7) is 28.7. The van der Waals surface area contributed by atoms with Gasteiger partial charge in [-0.3, -0.25) is 4.79 Å². The van der Waals surface area contributed by atoms with Gasteiger partial charge in [-0.25, -0.2) is 9.59 Å². The summed E-state index contributed by atoms with van der Waals surface area (Å²) in [4.78, 5) is 39.2. The van der Waals surface area contributed by atoms with Crippen molar-refractivity contribution in [3.05, 3.63) is 59.7 Å². The fraction of sp³-hybridized carbons (Fsp3) is 0.583. The van der Waals surface area contributed by atoms with Crippen molar-refractivity contribution < 1.29 is 32.7 Å². The summed E-state index contributed by atoms with van der Waals surface area (Å²) >= 11 is 0. The molecule has 0 saturated heterocycles. The quantitative estimate of drug-likeness (QED) is 0.171. The van der Waals surface area contributed by atoms with Gasteiger partial charge in [0.2, 0.25) is 5.91 Å². The molecule has 0 aromatic heterocycles. The predicted molar refractivity (Wildman–Crippen MR) is 193 cm³/mol. The maximum Gasteiger partial charge on any atom is 0.408 e. The van der Waals surface area contributed by atoms with Crippen LogP contribution in [0.3, 0.4) is 0 Å². The standard InChI is InChI=1S/C36H58N2O7Si2/c1-25(32(40)42-24-26-18-16-15-17-19-26)37-31(39)28(38-33(41)43-34(2,3)4)22-27-20-21-29(44-46(11,12)35(5,6)7)30(23-27)45-47(13,14)36(8,9)10/h15-21,23,25,28H,22,24H2,1-14H3,(H,37,39)(H,38,41)/t25-,28-/m0/s1. The van der Waals surface area contributed by atoms with Gasteiger partial charge in [-0.05, 0) is 87.2 Å². The molecule has 0 aliphatic carbocycles. The van der Waals surface area contributed by atoms with Gasteiger partial charge in [0, 0.05) is 6.42 Å². The molecular weight excluding hydrogens is 629 g/mol. The van der Waals surface area contributed by atoms with Crippen molar-refractivity contribution in [3.8, 4) is 11.5 Å². The number of carbonyl (C=O) groups is 3. The Bertz CT molecular complexity index is 1370. The number of carbonyl (C=O) groups excluding carboxylic acids is 3. The lowest BCUT2D eigenvalue weighted by Gasteiger charge is -2.39. The number of rotatable bonds is 12. The topological polar surface area (TPSA) is 112 Å². The zero-order chi connectivity index (χ0) is 36.0. The molecular formula is C36H58N2O7Si2. The van der Waals surface area contributed by atoms with Crippen molar-refractivity contribution >= 4 is 34.6 Å². The van der Waals surface area contributed by atoms with Gasteiger partial charge in [0.1, 0.15) is 35.8 Å². The van der Waals surface area contributed by atoms with E-state index in [4.69, 9.17) is 18.3 Å². The lowest BCUT2D eigenvalue weighted by Crippen LogP contribution is -2.52. The smallest absolute Gasteiger partial charge is 0.408 e. The highest BCUT2D eigenvalue weighted by atomic mass is 28.4. The van der Waals surface area contributed by atoms with Gasteiger partial charge in [0.15, 0.2) is 0 Å². The van der Waals surface area contributed by atoms with Gasteiger partial charge in [-0.2, -0.15) is 0 Å². The first kappa shape index (κ1) is 39.9. The molecule has 0 spiro atoms. The fourth-order valence-corrected chi connectivity index (χ4v) is 5.86. The van der Waals surface area contributed by atoms with Crippen molar-refractivity contribution in [3.63, 3.8) is 0 Å². The van der Waals surface area contributed by atoms with Crippen LogP contribution in [0.15, 0.2) is 48.5 Å². The Balaban J connectivity index is 2.41. The van der Waals surface area contributed by atoms with E-state index < -0.39 is 52.3 Å². The van der Waals surface area contributed by atoms with E-state index in [1.54, 1.807) is 27.7 Å². The van der Waals surface area contributed by atoms with Crippen LogP contribution in [0.1, 0.15) is 80.4 Å². The monoisotopic (exact) mass is 686 g/mol. The van der Waals surface area contributed by atoms with Crippen LogP contribution in [0, 0.1) is 0 Å². The first-order valence-corrected chi connectivity index (χ1v) is 22.1. The minimum Gasteiger partial charge on any atom is -0.541 e. The largest absolute Gasteiger partial charge is 0.541 e. The molecule has 0 radical (unpaired) electrons. The van der Waals surface area contributed by atoms with Crippen molar-refractivity contribution in [2.45, 2.75) is 136 Å². The summed E-state index contributed by atoms with van der Waals surface area (Å²) in [7, 11) is -4.50. The lowest BCUT2D eigenvalue weighted by atomic mass is 10.0. The number of nitrogens with one attached hydrogen (secondary N) is 2. The molecule has 2 atom stereocenters. The molecule has 2 aromatic rings. The Hall–Kier alpha value is -3.32. The van der Waals surface area contributed by atoms with Gasteiger partial charge in [0.25, 0.3) is 16.6 Å². The highest BCUT2D eigenvalue weighted by Gasteiger charge is 2.42. The van der Waals surface area contributed by atoms with Crippen LogP contribution in [0.4, 0.5) is 4.79 Å². The zero-order valence-corrected chi connectivity index (χ0v) is 33.0. The Morgan fingerprint density at radius 2 is 1.26 bits per heavy atom. The zero-order valence-electron chi connectivity index (χ0n) is 31.0. The average Bonchev–Trinajstić information content (AvgIpc) is 2.90. The predicted octanol–water partition coefficient (Wildman–Crippen LogP) is 8.14. The average molecular weight is 687 g/mol. The molecule has 0 heterocycles. The molecule has 0 saturated carbocycles. The minimum atomic E-state index is -2.29. The van der Waals surface area contributed by atoms with E-state index >= 15 is 0 Å². The van der Waals surface area contributed by atoms with Crippen LogP contribution in [0.5, 0.6) is 11.5 Å². The van der Waals surface area contributed by atoms with E-state index in [0.717, 1.165) is 11.1 Å². The van der Waals surface area contributed by atoms with Crippen LogP contribution in [-0.4, -0.2) is 52.3 Å². The molecule has 0 bridgehead atoms. The number of ether oxygens (including phenoxy) is 2.